The summed E-state index contributed by atoms with van der Waals surface area (Å²) in [5.74, 6) is -2.90. The molecule has 0 atom stereocenters. The van der Waals surface area contributed by atoms with Gasteiger partial charge in [0, 0.05) is 16.9 Å². The quantitative estimate of drug-likeness (QED) is 0.346. The first-order valence-corrected chi connectivity index (χ1v) is 9.26. The summed E-state index contributed by atoms with van der Waals surface area (Å²) < 4.78 is 27.8. The summed E-state index contributed by atoms with van der Waals surface area (Å²) >= 11 is 0. The Morgan fingerprint density at radius 1 is 0.767 bits per heavy atom. The number of hydrogen-bond acceptors (Lipinski definition) is 2. The third-order valence-electron chi connectivity index (χ3n) is 4.53. The molecule has 0 saturated carbocycles. The summed E-state index contributed by atoms with van der Waals surface area (Å²) in [4.78, 5) is 25.9. The second-order valence-corrected chi connectivity index (χ2v) is 6.76. The Morgan fingerprint density at radius 3 is 1.77 bits per heavy atom. The molecule has 0 heterocycles. The molecule has 0 fully saturated rings. The number of halogens is 2. The molecule has 0 aliphatic carbocycles. The number of nitrogens with one attached hydrogen (secondary N) is 2. The molecule has 0 aliphatic heterocycles. The fourth-order valence-electron chi connectivity index (χ4n) is 2.82. The van der Waals surface area contributed by atoms with Gasteiger partial charge in [-0.2, -0.15) is 0 Å². The predicted octanol–water partition coefficient (Wildman–Crippen LogP) is 5.24. The molecule has 6 heteroatoms. The van der Waals surface area contributed by atoms with E-state index in [4.69, 9.17) is 0 Å². The normalized spacial score (nSPS) is 10.3. The largest absolute Gasteiger partial charge is 0.322 e. The second kappa shape index (κ2) is 9.13. The van der Waals surface area contributed by atoms with Gasteiger partial charge in [-0.05, 0) is 61.4 Å². The van der Waals surface area contributed by atoms with Crippen LogP contribution in [0.5, 0.6) is 0 Å². The van der Waals surface area contributed by atoms with Crippen molar-refractivity contribution in [1.82, 2.24) is 0 Å². The van der Waals surface area contributed by atoms with Gasteiger partial charge in [0.25, 0.3) is 11.8 Å². The molecule has 0 unspecified atom stereocenters. The van der Waals surface area contributed by atoms with Crippen LogP contribution in [-0.2, 0) is 9.59 Å². The molecule has 0 saturated heterocycles. The van der Waals surface area contributed by atoms with E-state index in [0.717, 1.165) is 35.4 Å². The third-order valence-corrected chi connectivity index (χ3v) is 4.53. The van der Waals surface area contributed by atoms with Gasteiger partial charge >= 0.3 is 0 Å². The van der Waals surface area contributed by atoms with Crippen molar-refractivity contribution in [1.29, 1.82) is 0 Å². The average molecular weight is 406 g/mol. The van der Waals surface area contributed by atoms with Crippen LogP contribution in [0.2, 0.25) is 0 Å². The molecule has 0 aromatic heterocycles. The molecule has 0 bridgehead atoms. The molecule has 0 radical (unpaired) electrons. The Balaban J connectivity index is 1.99. The van der Waals surface area contributed by atoms with E-state index in [1.165, 1.54) is 0 Å². The molecule has 0 spiro atoms. The lowest BCUT2D eigenvalue weighted by molar-refractivity contribution is -0.118. The Morgan fingerprint density at radius 2 is 1.27 bits per heavy atom. The van der Waals surface area contributed by atoms with Crippen LogP contribution in [-0.4, -0.2) is 11.8 Å². The fourth-order valence-corrected chi connectivity index (χ4v) is 2.82. The molecular formula is C24H20F2N2O2. The highest BCUT2D eigenvalue weighted by atomic mass is 19.1. The van der Waals surface area contributed by atoms with Crippen LogP contribution >= 0.6 is 0 Å². The highest BCUT2D eigenvalue weighted by Crippen LogP contribution is 2.20. The maximum atomic E-state index is 14.2. The molecule has 3 rings (SSSR count). The van der Waals surface area contributed by atoms with Crippen LogP contribution in [0.15, 0.2) is 72.3 Å². The molecule has 2 amide bonds. The van der Waals surface area contributed by atoms with Crippen molar-refractivity contribution < 1.29 is 18.4 Å². The monoisotopic (exact) mass is 406 g/mol. The van der Waals surface area contributed by atoms with Gasteiger partial charge in [-0.3, -0.25) is 9.59 Å². The molecule has 2 N–H and O–H groups in total. The summed E-state index contributed by atoms with van der Waals surface area (Å²) in [6, 6.07) is 16.9. The number of para-hydroxylation sites is 2. The Hall–Kier alpha value is -3.80. The van der Waals surface area contributed by atoms with Crippen molar-refractivity contribution >= 4 is 29.3 Å². The van der Waals surface area contributed by atoms with Gasteiger partial charge in [-0.1, -0.05) is 36.4 Å². The summed E-state index contributed by atoms with van der Waals surface area (Å²) in [7, 11) is 0. The Bertz CT molecular complexity index is 1080. The minimum Gasteiger partial charge on any atom is -0.322 e. The molecule has 152 valence electrons. The zero-order valence-corrected chi connectivity index (χ0v) is 16.5. The number of carbonyl (C=O) groups excluding carboxylic acids is 2. The van der Waals surface area contributed by atoms with E-state index in [1.54, 1.807) is 50.2 Å². The molecule has 30 heavy (non-hydrogen) atoms. The summed E-state index contributed by atoms with van der Waals surface area (Å²) in [6.45, 7) is 3.61. The number of hydrogen-bond donors (Lipinski definition) is 2. The van der Waals surface area contributed by atoms with Crippen molar-refractivity contribution in [2.75, 3.05) is 10.6 Å². The lowest BCUT2D eigenvalue weighted by atomic mass is 10.1. The number of benzene rings is 3. The zero-order chi connectivity index (χ0) is 21.7. The molecule has 4 nitrogen and oxygen atoms in total. The molecule has 3 aromatic carbocycles. The summed E-state index contributed by atoms with van der Waals surface area (Å²) in [6.07, 6.45) is 1.04. The topological polar surface area (TPSA) is 58.2 Å². The van der Waals surface area contributed by atoms with Crippen LogP contribution in [0.4, 0.5) is 20.2 Å². The van der Waals surface area contributed by atoms with Gasteiger partial charge in [-0.15, -0.1) is 0 Å². The van der Waals surface area contributed by atoms with Crippen molar-refractivity contribution in [3.05, 3.63) is 101 Å². The smallest absolute Gasteiger partial charge is 0.261 e. The number of anilines is 2. The standard InChI is InChI=1S/C24H20F2N2O2/c1-15-7-3-5-9-21(15)27-23(29)19(14-17-13-18(25)11-12-20(17)26)24(30)28-22-10-6-4-8-16(22)2/h3-14H,1-2H3,(H,27,29)(H,28,30). The Labute approximate surface area is 173 Å². The fraction of sp³-hybridized carbons (Fsp3) is 0.0833. The van der Waals surface area contributed by atoms with Crippen LogP contribution < -0.4 is 10.6 Å². The predicted molar refractivity (Wildman–Crippen MR) is 114 cm³/mol. The van der Waals surface area contributed by atoms with Crippen LogP contribution in [0.25, 0.3) is 6.08 Å². The van der Waals surface area contributed by atoms with Gasteiger partial charge < -0.3 is 10.6 Å². The van der Waals surface area contributed by atoms with Crippen molar-refractivity contribution in [3.63, 3.8) is 0 Å². The summed E-state index contributed by atoms with van der Waals surface area (Å²) in [5.41, 5.74) is 2.05. The Kier molecular flexibility index (Phi) is 6.37. The van der Waals surface area contributed by atoms with Gasteiger partial charge in [-0.25, -0.2) is 8.78 Å². The van der Waals surface area contributed by atoms with E-state index in [9.17, 15) is 18.4 Å². The minimum absolute atomic E-state index is 0.204. The first-order valence-electron chi connectivity index (χ1n) is 9.26. The van der Waals surface area contributed by atoms with E-state index in [1.807, 2.05) is 12.1 Å². The van der Waals surface area contributed by atoms with Crippen LogP contribution in [0.3, 0.4) is 0 Å². The molecular weight excluding hydrogens is 386 g/mol. The first-order chi connectivity index (χ1) is 14.3. The van der Waals surface area contributed by atoms with Crippen molar-refractivity contribution in [3.8, 4) is 0 Å². The number of rotatable bonds is 5. The summed E-state index contributed by atoms with van der Waals surface area (Å²) in [5, 5.41) is 5.32. The van der Waals surface area contributed by atoms with E-state index < -0.39 is 23.4 Å². The highest BCUT2D eigenvalue weighted by molar-refractivity contribution is 6.29. The van der Waals surface area contributed by atoms with Gasteiger partial charge in [0.05, 0.1) is 0 Å². The number of amides is 2. The van der Waals surface area contributed by atoms with Crippen LogP contribution in [0, 0.1) is 25.5 Å². The zero-order valence-electron chi connectivity index (χ0n) is 16.5. The van der Waals surface area contributed by atoms with Crippen molar-refractivity contribution in [2.24, 2.45) is 0 Å². The van der Waals surface area contributed by atoms with E-state index >= 15 is 0 Å². The maximum absolute atomic E-state index is 14.2. The SMILES string of the molecule is Cc1ccccc1NC(=O)C(=Cc1cc(F)ccc1F)C(=O)Nc1ccccc1C. The van der Waals surface area contributed by atoms with Crippen LogP contribution in [0.1, 0.15) is 16.7 Å². The highest BCUT2D eigenvalue weighted by Gasteiger charge is 2.21. The van der Waals surface area contributed by atoms with Gasteiger partial charge in [0.15, 0.2) is 0 Å². The number of aryl methyl sites for hydroxylation is 2. The van der Waals surface area contributed by atoms with Crippen molar-refractivity contribution in [2.45, 2.75) is 13.8 Å². The van der Waals surface area contributed by atoms with Gasteiger partial charge in [0.2, 0.25) is 0 Å². The lowest BCUT2D eigenvalue weighted by Crippen LogP contribution is -2.26. The third kappa shape index (κ3) is 4.97. The lowest BCUT2D eigenvalue weighted by Gasteiger charge is -2.13. The maximum Gasteiger partial charge on any atom is 0.261 e. The first kappa shape index (κ1) is 20.9. The minimum atomic E-state index is -0.749. The van der Waals surface area contributed by atoms with E-state index in [0.29, 0.717) is 11.4 Å². The average Bonchev–Trinajstić information content (AvgIpc) is 2.71. The van der Waals surface area contributed by atoms with Gasteiger partial charge in [0.1, 0.15) is 17.2 Å². The second-order valence-electron chi connectivity index (χ2n) is 6.76. The molecule has 3 aromatic rings. The molecule has 0 aliphatic rings. The number of carbonyl (C=O) groups is 2. The van der Waals surface area contributed by atoms with E-state index in [-0.39, 0.29) is 11.1 Å². The van der Waals surface area contributed by atoms with E-state index in [2.05, 4.69) is 10.6 Å².